The second kappa shape index (κ2) is 8.50. The molecule has 1 aromatic carbocycles. The Morgan fingerprint density at radius 1 is 1.16 bits per heavy atom. The van der Waals surface area contributed by atoms with E-state index < -0.39 is 35.0 Å². The molecule has 32 heavy (non-hydrogen) atoms. The number of H-pyrrole nitrogens is 2. The second-order valence-electron chi connectivity index (χ2n) is 7.39. The van der Waals surface area contributed by atoms with Gasteiger partial charge in [0.2, 0.25) is 0 Å². The summed E-state index contributed by atoms with van der Waals surface area (Å²) in [6.07, 6.45) is -5.37. The third-order valence-corrected chi connectivity index (χ3v) is 4.71. The normalized spacial score (nSPS) is 11.8. The summed E-state index contributed by atoms with van der Waals surface area (Å²) < 4.78 is 42.7. The zero-order valence-corrected chi connectivity index (χ0v) is 17.4. The lowest BCUT2D eigenvalue weighted by atomic mass is 9.99. The van der Waals surface area contributed by atoms with Crippen molar-refractivity contribution in [1.82, 2.24) is 14.9 Å². The molecule has 3 N–H and O–H groups in total. The number of aromatic carboxylic acids is 1. The Morgan fingerprint density at radius 3 is 2.41 bits per heavy atom. The first-order valence-electron chi connectivity index (χ1n) is 9.50. The molecule has 0 fully saturated rings. The molecule has 2 heterocycles. The van der Waals surface area contributed by atoms with E-state index in [0.29, 0.717) is 12.1 Å². The number of carbonyl (C=O) groups excluding carboxylic acids is 1. The number of hydrogen-bond donors (Lipinski definition) is 3. The Morgan fingerprint density at radius 2 is 1.84 bits per heavy atom. The van der Waals surface area contributed by atoms with E-state index in [0.717, 1.165) is 16.6 Å². The molecule has 0 unspecified atom stereocenters. The van der Waals surface area contributed by atoms with Crippen molar-refractivity contribution in [2.75, 3.05) is 14.1 Å². The topological polar surface area (TPSA) is 115 Å². The summed E-state index contributed by atoms with van der Waals surface area (Å²) in [6.45, 7) is 2.18. The van der Waals surface area contributed by atoms with E-state index in [1.807, 2.05) is 25.1 Å². The first-order valence-corrected chi connectivity index (χ1v) is 9.50. The van der Waals surface area contributed by atoms with Crippen LogP contribution in [0.3, 0.4) is 0 Å². The van der Waals surface area contributed by atoms with Gasteiger partial charge in [-0.25, -0.2) is 9.59 Å². The molecule has 3 rings (SSSR count). The fourth-order valence-corrected chi connectivity index (χ4v) is 3.43. The maximum Gasteiger partial charge on any atom is 0.491 e. The minimum absolute atomic E-state index is 0.0100. The van der Waals surface area contributed by atoms with Crippen LogP contribution in [0, 0.1) is 0 Å². The quantitative estimate of drug-likeness (QED) is 0.496. The maximum atomic E-state index is 12.8. The molecular weight excluding hydrogens is 431 g/mol. The smallest absolute Gasteiger partial charge is 0.477 e. The molecule has 0 atom stereocenters. The summed E-state index contributed by atoms with van der Waals surface area (Å²) in [6, 6.07) is 6.94. The van der Waals surface area contributed by atoms with Crippen LogP contribution in [-0.4, -0.2) is 52.2 Å². The van der Waals surface area contributed by atoms with Gasteiger partial charge in [-0.15, -0.1) is 0 Å². The van der Waals surface area contributed by atoms with Gasteiger partial charge >= 0.3 is 18.1 Å². The number of carboxylic acids is 1. The predicted octanol–water partition coefficient (Wildman–Crippen LogP) is 3.31. The van der Waals surface area contributed by atoms with Crippen LogP contribution in [0.4, 0.5) is 13.2 Å². The van der Waals surface area contributed by atoms with Crippen molar-refractivity contribution < 1.29 is 32.6 Å². The van der Waals surface area contributed by atoms with Gasteiger partial charge < -0.3 is 24.7 Å². The van der Waals surface area contributed by atoms with Crippen LogP contribution >= 0.6 is 0 Å². The number of fused-ring (bicyclic) bond motifs is 1. The summed E-state index contributed by atoms with van der Waals surface area (Å²) in [5, 5.41) is 10.1. The van der Waals surface area contributed by atoms with Gasteiger partial charge in [0.05, 0.1) is 5.69 Å². The van der Waals surface area contributed by atoms with E-state index in [4.69, 9.17) is 0 Å². The highest BCUT2D eigenvalue weighted by Crippen LogP contribution is 2.34. The van der Waals surface area contributed by atoms with Crippen LogP contribution < -0.4 is 10.3 Å². The number of pyridine rings is 1. The van der Waals surface area contributed by atoms with Crippen LogP contribution in [0.5, 0.6) is 5.75 Å². The number of halogens is 3. The number of alkyl halides is 3. The number of carboxylic acid groups (broad SMARTS) is 1. The zero-order valence-electron chi connectivity index (χ0n) is 17.4. The molecule has 11 heteroatoms. The number of esters is 1. The van der Waals surface area contributed by atoms with Gasteiger partial charge in [0.15, 0.2) is 11.3 Å². The van der Waals surface area contributed by atoms with Gasteiger partial charge in [0, 0.05) is 28.7 Å². The molecule has 0 aliphatic carbocycles. The number of ether oxygens (including phenoxy) is 1. The molecule has 0 spiro atoms. The van der Waals surface area contributed by atoms with Crippen molar-refractivity contribution in [3.8, 4) is 17.0 Å². The number of aromatic nitrogens is 2. The van der Waals surface area contributed by atoms with Gasteiger partial charge in [-0.3, -0.25) is 4.79 Å². The number of aromatic amines is 2. The van der Waals surface area contributed by atoms with Crippen LogP contribution in [0.15, 0.2) is 29.1 Å². The van der Waals surface area contributed by atoms with E-state index >= 15 is 0 Å². The van der Waals surface area contributed by atoms with Crippen LogP contribution in [0.1, 0.15) is 28.5 Å². The first kappa shape index (κ1) is 23.1. The standard InChI is InChI=1S/C21H20F3N3O5/c1-4-13-16(10-5-6-14-11(7-10)8-12(25-14)9-27(2)3)26-18(28)15(19(29)30)17(13)32-20(31)21(22,23)24/h5-8,25H,4,9H2,1-3H3,(H,26,28)(H,29,30). The number of nitrogens with one attached hydrogen (secondary N) is 2. The zero-order chi connectivity index (χ0) is 23.8. The van der Waals surface area contributed by atoms with Gasteiger partial charge in [-0.1, -0.05) is 13.0 Å². The van der Waals surface area contributed by atoms with Crippen LogP contribution in [0.25, 0.3) is 22.2 Å². The lowest BCUT2D eigenvalue weighted by molar-refractivity contribution is -0.189. The number of carbonyl (C=O) groups is 2. The average Bonchev–Trinajstić information content (AvgIpc) is 3.06. The van der Waals surface area contributed by atoms with Crippen molar-refractivity contribution in [2.24, 2.45) is 0 Å². The minimum Gasteiger partial charge on any atom is -0.477 e. The SMILES string of the molecule is CCc1c(-c2ccc3[nH]c(CN(C)C)cc3c2)[nH]c(=O)c(C(=O)O)c1OC(=O)C(F)(F)F. The molecule has 0 radical (unpaired) electrons. The Labute approximate surface area is 179 Å². The highest BCUT2D eigenvalue weighted by Gasteiger charge is 2.43. The van der Waals surface area contributed by atoms with Crippen LogP contribution in [0.2, 0.25) is 0 Å². The van der Waals surface area contributed by atoms with Crippen molar-refractivity contribution in [3.63, 3.8) is 0 Å². The molecule has 8 nitrogen and oxygen atoms in total. The fourth-order valence-electron chi connectivity index (χ4n) is 3.43. The molecule has 3 aromatic rings. The third-order valence-electron chi connectivity index (χ3n) is 4.71. The Bertz CT molecular complexity index is 1260. The molecule has 170 valence electrons. The molecule has 0 aliphatic rings. The van der Waals surface area contributed by atoms with E-state index in [9.17, 15) is 32.7 Å². The molecule has 0 bridgehead atoms. The highest BCUT2D eigenvalue weighted by atomic mass is 19.4. The van der Waals surface area contributed by atoms with Crippen molar-refractivity contribution >= 4 is 22.8 Å². The Balaban J connectivity index is 2.21. The van der Waals surface area contributed by atoms with Crippen molar-refractivity contribution in [2.45, 2.75) is 26.1 Å². The highest BCUT2D eigenvalue weighted by molar-refractivity contribution is 5.94. The lowest BCUT2D eigenvalue weighted by Gasteiger charge is -2.16. The molecule has 0 aliphatic heterocycles. The third kappa shape index (κ3) is 4.52. The first-order chi connectivity index (χ1) is 14.9. The molecule has 2 aromatic heterocycles. The van der Waals surface area contributed by atoms with E-state index in [2.05, 4.69) is 14.7 Å². The number of rotatable bonds is 6. The predicted molar refractivity (Wildman–Crippen MR) is 110 cm³/mol. The number of hydrogen-bond acceptors (Lipinski definition) is 5. The maximum absolute atomic E-state index is 12.8. The van der Waals surface area contributed by atoms with Gasteiger partial charge in [-0.2, -0.15) is 13.2 Å². The lowest BCUT2D eigenvalue weighted by Crippen LogP contribution is -2.31. The van der Waals surface area contributed by atoms with Gasteiger partial charge in [0.1, 0.15) is 0 Å². The summed E-state index contributed by atoms with van der Waals surface area (Å²) in [5.41, 5.74) is -0.0728. The molecule has 0 saturated carbocycles. The Kier molecular flexibility index (Phi) is 6.13. The average molecular weight is 451 g/mol. The van der Waals surface area contributed by atoms with Crippen molar-refractivity contribution in [1.29, 1.82) is 0 Å². The Hall–Kier alpha value is -3.60. The monoisotopic (exact) mass is 451 g/mol. The van der Waals surface area contributed by atoms with Crippen molar-refractivity contribution in [3.05, 3.63) is 51.4 Å². The van der Waals surface area contributed by atoms with E-state index in [1.165, 1.54) is 6.92 Å². The number of benzene rings is 1. The molecular formula is C21H20F3N3O5. The second-order valence-corrected chi connectivity index (χ2v) is 7.39. The minimum atomic E-state index is -5.36. The van der Waals surface area contributed by atoms with Gasteiger partial charge in [0.25, 0.3) is 5.56 Å². The largest absolute Gasteiger partial charge is 0.491 e. The van der Waals surface area contributed by atoms with Crippen LogP contribution in [-0.2, 0) is 17.8 Å². The van der Waals surface area contributed by atoms with E-state index in [1.54, 1.807) is 18.2 Å². The summed E-state index contributed by atoms with van der Waals surface area (Å²) >= 11 is 0. The fraction of sp³-hybridized carbons (Fsp3) is 0.286. The van der Waals surface area contributed by atoms with E-state index in [-0.39, 0.29) is 17.7 Å². The van der Waals surface area contributed by atoms with Gasteiger partial charge in [-0.05, 0) is 44.3 Å². The molecule has 0 amide bonds. The summed E-state index contributed by atoms with van der Waals surface area (Å²) in [4.78, 5) is 43.1. The molecule has 0 saturated heterocycles. The summed E-state index contributed by atoms with van der Waals surface area (Å²) in [7, 11) is 3.81. The summed E-state index contributed by atoms with van der Waals surface area (Å²) in [5.74, 6) is -5.34. The number of nitrogens with zero attached hydrogens (tertiary/aromatic N) is 1.